The van der Waals surface area contributed by atoms with E-state index in [4.69, 9.17) is 0 Å². The molecule has 0 amide bonds. The van der Waals surface area contributed by atoms with Crippen molar-refractivity contribution in [1.29, 1.82) is 0 Å². The second kappa shape index (κ2) is 7.59. The molecular formula is C12H15Br2F3N2. The number of nitrogens with one attached hydrogen (secondary N) is 1. The van der Waals surface area contributed by atoms with E-state index in [1.54, 1.807) is 6.20 Å². The molecule has 0 bridgehead atoms. The van der Waals surface area contributed by atoms with Crippen molar-refractivity contribution in [3.8, 4) is 0 Å². The van der Waals surface area contributed by atoms with Crippen LogP contribution >= 0.6 is 31.9 Å². The summed E-state index contributed by atoms with van der Waals surface area (Å²) in [5.41, 5.74) is 0.743. The molecule has 108 valence electrons. The first-order chi connectivity index (χ1) is 8.83. The average molecular weight is 404 g/mol. The lowest BCUT2D eigenvalue weighted by atomic mass is 10.1. The summed E-state index contributed by atoms with van der Waals surface area (Å²) in [6.45, 7) is 2.60. The Morgan fingerprint density at radius 1 is 1.37 bits per heavy atom. The van der Waals surface area contributed by atoms with E-state index in [9.17, 15) is 13.2 Å². The number of hydrogen-bond donors (Lipinski definition) is 1. The van der Waals surface area contributed by atoms with Gasteiger partial charge in [0.2, 0.25) is 0 Å². The molecule has 1 unspecified atom stereocenters. The van der Waals surface area contributed by atoms with Gasteiger partial charge < -0.3 is 5.32 Å². The Hall–Kier alpha value is -0.140. The maximum Gasteiger partial charge on any atom is 0.389 e. The monoisotopic (exact) mass is 402 g/mol. The SMILES string of the molecule is CCNC(CCCC(F)(F)F)c1ncc(Br)cc1Br. The third kappa shape index (κ3) is 6.23. The quantitative estimate of drug-likeness (QED) is 0.723. The molecule has 1 aromatic rings. The lowest BCUT2D eigenvalue weighted by molar-refractivity contribution is -0.135. The van der Waals surface area contributed by atoms with Gasteiger partial charge in [-0.05, 0) is 57.3 Å². The van der Waals surface area contributed by atoms with Crippen LogP contribution in [0, 0.1) is 0 Å². The Kier molecular flexibility index (Phi) is 6.76. The van der Waals surface area contributed by atoms with Gasteiger partial charge in [0.15, 0.2) is 0 Å². The van der Waals surface area contributed by atoms with Crippen LogP contribution in [0.25, 0.3) is 0 Å². The summed E-state index contributed by atoms with van der Waals surface area (Å²) in [6, 6.07) is 1.67. The highest BCUT2D eigenvalue weighted by Gasteiger charge is 2.27. The molecule has 1 rings (SSSR count). The van der Waals surface area contributed by atoms with Crippen molar-refractivity contribution in [1.82, 2.24) is 10.3 Å². The minimum Gasteiger partial charge on any atom is -0.309 e. The van der Waals surface area contributed by atoms with Crippen molar-refractivity contribution in [2.75, 3.05) is 6.54 Å². The zero-order chi connectivity index (χ0) is 14.5. The first-order valence-corrected chi connectivity index (χ1v) is 7.53. The highest BCUT2D eigenvalue weighted by atomic mass is 79.9. The third-order valence-electron chi connectivity index (χ3n) is 2.57. The van der Waals surface area contributed by atoms with E-state index in [0.717, 1.165) is 14.6 Å². The zero-order valence-corrected chi connectivity index (χ0v) is 13.6. The molecule has 0 aromatic carbocycles. The predicted octanol–water partition coefficient (Wildman–Crippen LogP) is 4.99. The number of aromatic nitrogens is 1. The molecule has 1 aromatic heterocycles. The van der Waals surface area contributed by atoms with Crippen LogP contribution in [-0.4, -0.2) is 17.7 Å². The topological polar surface area (TPSA) is 24.9 Å². The van der Waals surface area contributed by atoms with Gasteiger partial charge in [0.05, 0.1) is 11.7 Å². The fraction of sp³-hybridized carbons (Fsp3) is 0.583. The molecule has 0 aliphatic carbocycles. The van der Waals surface area contributed by atoms with Gasteiger partial charge in [-0.3, -0.25) is 4.98 Å². The van der Waals surface area contributed by atoms with Crippen molar-refractivity contribution < 1.29 is 13.2 Å². The molecular weight excluding hydrogens is 389 g/mol. The van der Waals surface area contributed by atoms with E-state index >= 15 is 0 Å². The highest BCUT2D eigenvalue weighted by molar-refractivity contribution is 9.11. The summed E-state index contributed by atoms with van der Waals surface area (Å²) >= 11 is 6.70. The normalized spacial score (nSPS) is 13.6. The molecule has 0 aliphatic heterocycles. The molecule has 1 heterocycles. The molecule has 0 radical (unpaired) electrons. The standard InChI is InChI=1S/C12H15Br2F3N2/c1-2-18-10(4-3-5-12(15,16)17)11-9(14)6-8(13)7-19-11/h6-7,10,18H,2-5H2,1H3. The van der Waals surface area contributed by atoms with Crippen LogP contribution in [0.4, 0.5) is 13.2 Å². The van der Waals surface area contributed by atoms with Crippen molar-refractivity contribution in [2.24, 2.45) is 0 Å². The summed E-state index contributed by atoms with van der Waals surface area (Å²) in [6.07, 6.45) is -2.72. The van der Waals surface area contributed by atoms with Crippen molar-refractivity contribution in [3.05, 3.63) is 26.9 Å². The summed E-state index contributed by atoms with van der Waals surface area (Å²) < 4.78 is 38.1. The predicted molar refractivity (Wildman–Crippen MR) is 76.0 cm³/mol. The van der Waals surface area contributed by atoms with E-state index in [2.05, 4.69) is 42.2 Å². The van der Waals surface area contributed by atoms with Gasteiger partial charge in [0.1, 0.15) is 0 Å². The van der Waals surface area contributed by atoms with Crippen molar-refractivity contribution in [2.45, 2.75) is 38.4 Å². The lowest BCUT2D eigenvalue weighted by Gasteiger charge is -2.19. The van der Waals surface area contributed by atoms with Crippen LogP contribution in [0.2, 0.25) is 0 Å². The highest BCUT2D eigenvalue weighted by Crippen LogP contribution is 2.29. The van der Waals surface area contributed by atoms with Gasteiger partial charge in [-0.25, -0.2) is 0 Å². The van der Waals surface area contributed by atoms with Crippen LogP contribution in [0.5, 0.6) is 0 Å². The number of pyridine rings is 1. The van der Waals surface area contributed by atoms with E-state index in [1.807, 2.05) is 13.0 Å². The molecule has 0 aliphatic rings. The first-order valence-electron chi connectivity index (χ1n) is 5.94. The number of rotatable bonds is 6. The molecule has 1 atom stereocenters. The van der Waals surface area contributed by atoms with E-state index in [0.29, 0.717) is 13.0 Å². The average Bonchev–Trinajstić information content (AvgIpc) is 2.26. The Morgan fingerprint density at radius 3 is 2.58 bits per heavy atom. The summed E-state index contributed by atoms with van der Waals surface area (Å²) in [5.74, 6) is 0. The summed E-state index contributed by atoms with van der Waals surface area (Å²) in [5, 5.41) is 3.17. The summed E-state index contributed by atoms with van der Waals surface area (Å²) in [7, 11) is 0. The fourth-order valence-corrected chi connectivity index (χ4v) is 3.03. The second-order valence-electron chi connectivity index (χ2n) is 4.14. The third-order valence-corrected chi connectivity index (χ3v) is 3.64. The molecule has 7 heteroatoms. The number of alkyl halides is 3. The van der Waals surface area contributed by atoms with Gasteiger partial charge in [0, 0.05) is 21.6 Å². The molecule has 0 spiro atoms. The van der Waals surface area contributed by atoms with Gasteiger partial charge in [-0.15, -0.1) is 0 Å². The molecule has 0 fully saturated rings. The van der Waals surface area contributed by atoms with Crippen LogP contribution in [-0.2, 0) is 0 Å². The van der Waals surface area contributed by atoms with Gasteiger partial charge in [-0.2, -0.15) is 13.2 Å². The van der Waals surface area contributed by atoms with E-state index < -0.39 is 12.6 Å². The smallest absolute Gasteiger partial charge is 0.309 e. The van der Waals surface area contributed by atoms with Crippen LogP contribution < -0.4 is 5.32 Å². The van der Waals surface area contributed by atoms with Crippen molar-refractivity contribution in [3.63, 3.8) is 0 Å². The van der Waals surface area contributed by atoms with E-state index in [-0.39, 0.29) is 12.5 Å². The van der Waals surface area contributed by atoms with Crippen LogP contribution in [0.1, 0.15) is 37.9 Å². The molecule has 19 heavy (non-hydrogen) atoms. The Morgan fingerprint density at radius 2 is 2.05 bits per heavy atom. The molecule has 2 nitrogen and oxygen atoms in total. The lowest BCUT2D eigenvalue weighted by Crippen LogP contribution is -2.23. The number of hydrogen-bond acceptors (Lipinski definition) is 2. The number of halogens is 5. The zero-order valence-electron chi connectivity index (χ0n) is 10.4. The number of nitrogens with zero attached hydrogens (tertiary/aromatic N) is 1. The largest absolute Gasteiger partial charge is 0.389 e. The van der Waals surface area contributed by atoms with Gasteiger partial charge >= 0.3 is 6.18 Å². The molecule has 0 saturated heterocycles. The maximum absolute atomic E-state index is 12.2. The maximum atomic E-state index is 12.2. The van der Waals surface area contributed by atoms with Crippen LogP contribution in [0.3, 0.4) is 0 Å². The Bertz CT molecular complexity index is 410. The Labute approximate surface area is 127 Å². The van der Waals surface area contributed by atoms with Gasteiger partial charge in [-0.1, -0.05) is 6.92 Å². The van der Waals surface area contributed by atoms with Crippen molar-refractivity contribution >= 4 is 31.9 Å². The minimum absolute atomic E-state index is 0.0886. The van der Waals surface area contributed by atoms with E-state index in [1.165, 1.54) is 0 Å². The minimum atomic E-state index is -4.10. The fourth-order valence-electron chi connectivity index (χ4n) is 1.77. The molecule has 1 N–H and O–H groups in total. The first kappa shape index (κ1) is 16.9. The molecule has 0 saturated carbocycles. The Balaban J connectivity index is 2.71. The van der Waals surface area contributed by atoms with Gasteiger partial charge in [0.25, 0.3) is 0 Å². The second-order valence-corrected chi connectivity index (χ2v) is 5.91. The van der Waals surface area contributed by atoms with Crippen LogP contribution in [0.15, 0.2) is 21.2 Å². The summed E-state index contributed by atoms with van der Waals surface area (Å²) in [4.78, 5) is 4.27.